The highest BCUT2D eigenvalue weighted by molar-refractivity contribution is 5.08. The van der Waals surface area contributed by atoms with Gasteiger partial charge in [0.05, 0.1) is 5.92 Å². The zero-order valence-electron chi connectivity index (χ0n) is 12.9. The lowest BCUT2D eigenvalue weighted by Gasteiger charge is -2.33. The predicted molar refractivity (Wildman–Crippen MR) is 77.1 cm³/mol. The highest BCUT2D eigenvalue weighted by atomic mass is 16.5. The first kappa shape index (κ1) is 14.9. The minimum atomic E-state index is -0.428. The second-order valence-corrected chi connectivity index (χ2v) is 5.93. The summed E-state index contributed by atoms with van der Waals surface area (Å²) in [5.74, 6) is 1.78. The van der Waals surface area contributed by atoms with E-state index >= 15 is 0 Å². The van der Waals surface area contributed by atoms with E-state index in [2.05, 4.69) is 10.5 Å². The van der Waals surface area contributed by atoms with E-state index in [-0.39, 0.29) is 0 Å². The van der Waals surface area contributed by atoms with Crippen molar-refractivity contribution in [2.75, 3.05) is 26.9 Å². The molecule has 1 aromatic rings. The van der Waals surface area contributed by atoms with Crippen molar-refractivity contribution in [2.45, 2.75) is 56.6 Å². The second-order valence-electron chi connectivity index (χ2n) is 5.93. The fourth-order valence-corrected chi connectivity index (χ4v) is 3.58. The normalized spacial score (nSPS) is 28.9. The van der Waals surface area contributed by atoms with Crippen LogP contribution < -0.4 is 5.32 Å². The van der Waals surface area contributed by atoms with E-state index in [1.165, 1.54) is 12.8 Å². The van der Waals surface area contributed by atoms with Crippen molar-refractivity contribution in [1.82, 2.24) is 15.5 Å². The van der Waals surface area contributed by atoms with Crippen LogP contribution in [0.4, 0.5) is 0 Å². The van der Waals surface area contributed by atoms with Crippen LogP contribution in [0, 0.1) is 0 Å². The Kier molecular flexibility index (Phi) is 4.57. The molecule has 0 aromatic carbocycles. The lowest BCUT2D eigenvalue weighted by Crippen LogP contribution is -2.37. The summed E-state index contributed by atoms with van der Waals surface area (Å²) < 4.78 is 17.0. The molecule has 0 amide bonds. The summed E-state index contributed by atoms with van der Waals surface area (Å²) in [6.45, 7) is 4.03. The first-order valence-electron chi connectivity index (χ1n) is 8.02. The predicted octanol–water partition coefficient (Wildman–Crippen LogP) is 1.97. The first-order chi connectivity index (χ1) is 10.3. The van der Waals surface area contributed by atoms with Crippen LogP contribution in [0.1, 0.15) is 56.7 Å². The third-order valence-electron chi connectivity index (χ3n) is 4.77. The van der Waals surface area contributed by atoms with Gasteiger partial charge in [0.2, 0.25) is 11.7 Å². The third-order valence-corrected chi connectivity index (χ3v) is 4.77. The Morgan fingerprint density at radius 1 is 1.33 bits per heavy atom. The monoisotopic (exact) mass is 295 g/mol. The SMILES string of the molecule is CCOC1(c2noc(C3CCCC3NC)n2)CCOCC1. The molecule has 3 rings (SSSR count). The lowest BCUT2D eigenvalue weighted by molar-refractivity contribution is -0.118. The number of hydrogen-bond acceptors (Lipinski definition) is 6. The molecule has 1 aliphatic heterocycles. The summed E-state index contributed by atoms with van der Waals surface area (Å²) in [4.78, 5) is 4.71. The van der Waals surface area contributed by atoms with Gasteiger partial charge in [-0.05, 0) is 26.8 Å². The van der Waals surface area contributed by atoms with Gasteiger partial charge in [-0.25, -0.2) is 0 Å². The molecule has 2 heterocycles. The molecule has 6 heteroatoms. The number of rotatable bonds is 5. The van der Waals surface area contributed by atoms with Crippen molar-refractivity contribution in [3.8, 4) is 0 Å². The summed E-state index contributed by atoms with van der Waals surface area (Å²) >= 11 is 0. The van der Waals surface area contributed by atoms with Crippen molar-refractivity contribution in [3.05, 3.63) is 11.7 Å². The largest absolute Gasteiger partial charge is 0.381 e. The number of nitrogens with zero attached hydrogens (tertiary/aromatic N) is 2. The number of aromatic nitrogens is 2. The number of hydrogen-bond donors (Lipinski definition) is 1. The molecule has 0 spiro atoms. The van der Waals surface area contributed by atoms with Crippen LogP contribution in [0.15, 0.2) is 4.52 Å². The van der Waals surface area contributed by atoms with Crippen LogP contribution in [0.3, 0.4) is 0 Å². The van der Waals surface area contributed by atoms with E-state index in [1.54, 1.807) is 0 Å². The molecule has 0 radical (unpaired) electrons. The minimum Gasteiger partial charge on any atom is -0.381 e. The minimum absolute atomic E-state index is 0.328. The average Bonchev–Trinajstić information content (AvgIpc) is 3.17. The summed E-state index contributed by atoms with van der Waals surface area (Å²) in [5.41, 5.74) is -0.428. The molecule has 0 bridgehead atoms. The van der Waals surface area contributed by atoms with Crippen LogP contribution in [-0.2, 0) is 15.1 Å². The molecule has 2 fully saturated rings. The Balaban J connectivity index is 1.82. The molecule has 1 saturated carbocycles. The van der Waals surface area contributed by atoms with Crippen LogP contribution in [0.5, 0.6) is 0 Å². The maximum atomic E-state index is 6.01. The molecule has 21 heavy (non-hydrogen) atoms. The van der Waals surface area contributed by atoms with Crippen LogP contribution >= 0.6 is 0 Å². The maximum absolute atomic E-state index is 6.01. The van der Waals surface area contributed by atoms with Gasteiger partial charge in [-0.1, -0.05) is 11.6 Å². The quantitative estimate of drug-likeness (QED) is 0.895. The van der Waals surface area contributed by atoms with E-state index in [0.717, 1.165) is 25.2 Å². The van der Waals surface area contributed by atoms with Crippen LogP contribution in [0.2, 0.25) is 0 Å². The molecule has 118 valence electrons. The fourth-order valence-electron chi connectivity index (χ4n) is 3.58. The Bertz CT molecular complexity index is 451. The Morgan fingerprint density at radius 2 is 2.14 bits per heavy atom. The van der Waals surface area contributed by atoms with Crippen LogP contribution in [0.25, 0.3) is 0 Å². The zero-order chi connectivity index (χ0) is 14.7. The van der Waals surface area contributed by atoms with Gasteiger partial charge in [0.25, 0.3) is 0 Å². The number of nitrogens with one attached hydrogen (secondary N) is 1. The van der Waals surface area contributed by atoms with Crippen molar-refractivity contribution >= 4 is 0 Å². The van der Waals surface area contributed by atoms with E-state index in [1.807, 2.05) is 14.0 Å². The topological polar surface area (TPSA) is 69.4 Å². The second kappa shape index (κ2) is 6.42. The lowest BCUT2D eigenvalue weighted by atomic mass is 9.93. The van der Waals surface area contributed by atoms with Gasteiger partial charge in [0.15, 0.2) is 0 Å². The number of ether oxygens (including phenoxy) is 2. The van der Waals surface area contributed by atoms with E-state index in [0.29, 0.717) is 37.6 Å². The number of likely N-dealkylation sites (N-methyl/N-ethyl adjacent to an activating group) is 1. The Labute approximate surface area is 125 Å². The van der Waals surface area contributed by atoms with Gasteiger partial charge >= 0.3 is 0 Å². The Morgan fingerprint density at radius 3 is 2.86 bits per heavy atom. The van der Waals surface area contributed by atoms with Gasteiger partial charge in [-0.2, -0.15) is 4.98 Å². The summed E-state index contributed by atoms with van der Waals surface area (Å²) in [6.07, 6.45) is 5.07. The molecular weight excluding hydrogens is 270 g/mol. The molecule has 6 nitrogen and oxygen atoms in total. The summed E-state index contributed by atoms with van der Waals surface area (Å²) in [6, 6.07) is 0.441. The molecule has 2 aliphatic rings. The fraction of sp³-hybridized carbons (Fsp3) is 0.867. The van der Waals surface area contributed by atoms with Gasteiger partial charge in [0.1, 0.15) is 5.60 Å². The van der Waals surface area contributed by atoms with Gasteiger partial charge in [0, 0.05) is 38.7 Å². The molecule has 2 atom stereocenters. The highest BCUT2D eigenvalue weighted by Gasteiger charge is 2.41. The maximum Gasteiger partial charge on any atom is 0.231 e. The average molecular weight is 295 g/mol. The van der Waals surface area contributed by atoms with Gasteiger partial charge in [-0.3, -0.25) is 0 Å². The van der Waals surface area contributed by atoms with Crippen molar-refractivity contribution in [3.63, 3.8) is 0 Å². The third kappa shape index (κ3) is 2.84. The van der Waals surface area contributed by atoms with Crippen molar-refractivity contribution in [1.29, 1.82) is 0 Å². The summed E-state index contributed by atoms with van der Waals surface area (Å²) in [7, 11) is 2.00. The molecule has 1 saturated heterocycles. The molecule has 1 aromatic heterocycles. The van der Waals surface area contributed by atoms with Crippen LogP contribution in [-0.4, -0.2) is 43.1 Å². The molecule has 1 aliphatic carbocycles. The highest BCUT2D eigenvalue weighted by Crippen LogP contribution is 2.37. The standard InChI is InChI=1S/C15H25N3O3/c1-3-20-15(7-9-19-10-8-15)14-17-13(21-18-14)11-5-4-6-12(11)16-2/h11-12,16H,3-10H2,1-2H3. The van der Waals surface area contributed by atoms with E-state index in [4.69, 9.17) is 19.0 Å². The molecule has 1 N–H and O–H groups in total. The zero-order valence-corrected chi connectivity index (χ0v) is 12.9. The first-order valence-corrected chi connectivity index (χ1v) is 8.02. The summed E-state index contributed by atoms with van der Waals surface area (Å²) in [5, 5.41) is 7.61. The molecule has 2 unspecified atom stereocenters. The Hall–Kier alpha value is -0.980. The van der Waals surface area contributed by atoms with E-state index < -0.39 is 5.60 Å². The van der Waals surface area contributed by atoms with Crippen molar-refractivity contribution in [2.24, 2.45) is 0 Å². The smallest absolute Gasteiger partial charge is 0.231 e. The molecular formula is C15H25N3O3. The van der Waals surface area contributed by atoms with E-state index in [9.17, 15) is 0 Å². The van der Waals surface area contributed by atoms with Gasteiger partial charge < -0.3 is 19.3 Å². The van der Waals surface area contributed by atoms with Gasteiger partial charge in [-0.15, -0.1) is 0 Å². The van der Waals surface area contributed by atoms with Crippen molar-refractivity contribution < 1.29 is 14.0 Å².